The number of rotatable bonds is 5. The number of carbonyl (C=O) groups is 1. The minimum atomic E-state index is -0.0480. The predicted octanol–water partition coefficient (Wildman–Crippen LogP) is 5.60. The molecule has 0 radical (unpaired) electrons. The highest BCUT2D eigenvalue weighted by Crippen LogP contribution is 2.36. The fourth-order valence-corrected chi connectivity index (χ4v) is 5.32. The number of urea groups is 1. The zero-order valence-corrected chi connectivity index (χ0v) is 21.6. The number of nitrogens with zero attached hydrogens (tertiary/aromatic N) is 3. The summed E-state index contributed by atoms with van der Waals surface area (Å²) in [6, 6.07) is 12.6. The molecule has 4 rings (SSSR count). The second kappa shape index (κ2) is 10.9. The number of carbonyl (C=O) groups excluding carboxylic acids is 1. The zero-order chi connectivity index (χ0) is 24.2. The van der Waals surface area contributed by atoms with Crippen LogP contribution in [0.3, 0.4) is 0 Å². The topological polar surface area (TPSA) is 48.1 Å². The number of hydrogen-bond acceptors (Lipinski definition) is 4. The Balaban J connectivity index is 1.38. The van der Waals surface area contributed by atoms with Gasteiger partial charge in [-0.25, -0.2) is 4.79 Å². The number of piperidine rings is 1. The summed E-state index contributed by atoms with van der Waals surface area (Å²) >= 11 is 6.30. The molecule has 184 valence electrons. The van der Waals surface area contributed by atoms with Crippen molar-refractivity contribution in [2.24, 2.45) is 0 Å². The maximum atomic E-state index is 13.0. The molecule has 2 fully saturated rings. The van der Waals surface area contributed by atoms with Crippen molar-refractivity contribution in [1.82, 2.24) is 9.80 Å². The van der Waals surface area contributed by atoms with Gasteiger partial charge in [0.15, 0.2) is 0 Å². The first-order valence-corrected chi connectivity index (χ1v) is 12.7. The van der Waals surface area contributed by atoms with Crippen LogP contribution in [0.4, 0.5) is 16.2 Å². The molecule has 0 aliphatic carbocycles. The normalized spacial score (nSPS) is 17.8. The number of benzene rings is 2. The van der Waals surface area contributed by atoms with Crippen molar-refractivity contribution < 1.29 is 9.53 Å². The summed E-state index contributed by atoms with van der Waals surface area (Å²) in [6.07, 6.45) is 2.22. The Kier molecular flexibility index (Phi) is 7.89. The molecule has 2 heterocycles. The van der Waals surface area contributed by atoms with E-state index < -0.39 is 0 Å². The summed E-state index contributed by atoms with van der Waals surface area (Å²) < 4.78 is 5.67. The van der Waals surface area contributed by atoms with Crippen molar-refractivity contribution in [2.75, 3.05) is 56.6 Å². The number of ether oxygens (including phenoxy) is 1. The van der Waals surface area contributed by atoms with E-state index in [0.717, 1.165) is 66.7 Å². The number of hydrogen-bond donors (Lipinski definition) is 1. The molecule has 0 bridgehead atoms. The van der Waals surface area contributed by atoms with Crippen LogP contribution >= 0.6 is 11.6 Å². The highest BCUT2D eigenvalue weighted by atomic mass is 35.5. The smallest absolute Gasteiger partial charge is 0.321 e. The maximum Gasteiger partial charge on any atom is 0.321 e. The Hall–Kier alpha value is -2.44. The predicted molar refractivity (Wildman–Crippen MR) is 141 cm³/mol. The van der Waals surface area contributed by atoms with E-state index in [1.165, 1.54) is 5.56 Å². The summed E-state index contributed by atoms with van der Waals surface area (Å²) in [7, 11) is 1.72. The zero-order valence-electron chi connectivity index (χ0n) is 20.8. The number of methoxy groups -OCH3 is 1. The lowest BCUT2D eigenvalue weighted by atomic mass is 9.88. The van der Waals surface area contributed by atoms with Crippen LogP contribution < -0.4 is 15.0 Å². The van der Waals surface area contributed by atoms with Crippen molar-refractivity contribution in [3.8, 4) is 5.75 Å². The van der Waals surface area contributed by atoms with Crippen LogP contribution in [0.1, 0.15) is 43.7 Å². The molecule has 0 unspecified atom stereocenters. The van der Waals surface area contributed by atoms with E-state index >= 15 is 0 Å². The average molecular weight is 485 g/mol. The molecule has 6 nitrogen and oxygen atoms in total. The molecule has 0 aromatic heterocycles. The van der Waals surface area contributed by atoms with E-state index in [2.05, 4.69) is 41.1 Å². The molecule has 2 aliphatic heterocycles. The highest BCUT2D eigenvalue weighted by Gasteiger charge is 2.26. The number of likely N-dealkylation sites (tertiary alicyclic amines) is 1. The van der Waals surface area contributed by atoms with Gasteiger partial charge in [0, 0.05) is 48.6 Å². The van der Waals surface area contributed by atoms with Crippen molar-refractivity contribution in [2.45, 2.75) is 45.6 Å². The monoisotopic (exact) mass is 484 g/mol. The van der Waals surface area contributed by atoms with Gasteiger partial charge in [0.2, 0.25) is 0 Å². The first-order chi connectivity index (χ1) is 16.4. The van der Waals surface area contributed by atoms with Crippen LogP contribution in [0.2, 0.25) is 5.02 Å². The van der Waals surface area contributed by atoms with Crippen LogP contribution in [0.15, 0.2) is 36.4 Å². The fourth-order valence-electron chi connectivity index (χ4n) is 5.15. The summed E-state index contributed by atoms with van der Waals surface area (Å²) in [4.78, 5) is 19.8. The standard InChI is InChI=1S/C27H37ClN4O2/c1-19(2)30-12-10-21(11-13-30)23-18-22(8-9-26(23)34-4)29-27(33)32-16-14-31(15-17-32)25-7-5-6-24(28)20(25)3/h5-9,18-19,21H,10-17H2,1-4H3,(H,29,33). The van der Waals surface area contributed by atoms with Gasteiger partial charge >= 0.3 is 6.03 Å². The van der Waals surface area contributed by atoms with Gasteiger partial charge in [0.25, 0.3) is 0 Å². The lowest BCUT2D eigenvalue weighted by Crippen LogP contribution is -2.50. The number of anilines is 2. The Morgan fingerprint density at radius 2 is 1.76 bits per heavy atom. The Morgan fingerprint density at radius 3 is 2.41 bits per heavy atom. The van der Waals surface area contributed by atoms with Crippen LogP contribution in [0.25, 0.3) is 0 Å². The molecular weight excluding hydrogens is 448 g/mol. The fraction of sp³-hybridized carbons (Fsp3) is 0.519. The number of piperazine rings is 1. The molecule has 2 aliphatic rings. The molecule has 1 N–H and O–H groups in total. The van der Waals surface area contributed by atoms with Gasteiger partial charge in [-0.05, 0) is 94.1 Å². The summed E-state index contributed by atoms with van der Waals surface area (Å²) in [5.41, 5.74) is 4.27. The lowest BCUT2D eigenvalue weighted by molar-refractivity contribution is 0.171. The van der Waals surface area contributed by atoms with Crippen molar-refractivity contribution in [3.05, 3.63) is 52.5 Å². The molecule has 2 saturated heterocycles. The van der Waals surface area contributed by atoms with E-state index in [9.17, 15) is 4.79 Å². The van der Waals surface area contributed by atoms with Gasteiger partial charge in [0.05, 0.1) is 7.11 Å². The molecule has 0 spiro atoms. The SMILES string of the molecule is COc1ccc(NC(=O)N2CCN(c3cccc(Cl)c3C)CC2)cc1C1CCN(C(C)C)CC1. The average Bonchev–Trinajstić information content (AvgIpc) is 2.86. The van der Waals surface area contributed by atoms with Crippen LogP contribution in [-0.2, 0) is 0 Å². The largest absolute Gasteiger partial charge is 0.496 e. The third kappa shape index (κ3) is 5.44. The van der Waals surface area contributed by atoms with Gasteiger partial charge in [-0.15, -0.1) is 0 Å². The molecule has 0 saturated carbocycles. The molecule has 2 amide bonds. The van der Waals surface area contributed by atoms with E-state index in [1.807, 2.05) is 36.1 Å². The molecule has 2 aromatic carbocycles. The first kappa shape index (κ1) is 24.7. The number of nitrogens with one attached hydrogen (secondary N) is 1. The third-order valence-electron chi connectivity index (χ3n) is 7.33. The van der Waals surface area contributed by atoms with E-state index in [1.54, 1.807) is 7.11 Å². The van der Waals surface area contributed by atoms with E-state index in [0.29, 0.717) is 25.0 Å². The second-order valence-electron chi connectivity index (χ2n) is 9.65. The molecule has 2 aromatic rings. The van der Waals surface area contributed by atoms with Gasteiger partial charge in [0.1, 0.15) is 5.75 Å². The quantitative estimate of drug-likeness (QED) is 0.600. The summed E-state index contributed by atoms with van der Waals surface area (Å²) in [6.45, 7) is 11.7. The van der Waals surface area contributed by atoms with E-state index in [-0.39, 0.29) is 6.03 Å². The number of amides is 2. The third-order valence-corrected chi connectivity index (χ3v) is 7.74. The lowest BCUT2D eigenvalue weighted by Gasteiger charge is -2.37. The van der Waals surface area contributed by atoms with Crippen molar-refractivity contribution in [1.29, 1.82) is 0 Å². The maximum absolute atomic E-state index is 13.0. The molecule has 7 heteroatoms. The second-order valence-corrected chi connectivity index (χ2v) is 10.1. The summed E-state index contributed by atoms with van der Waals surface area (Å²) in [5, 5.41) is 3.91. The summed E-state index contributed by atoms with van der Waals surface area (Å²) in [5.74, 6) is 1.36. The van der Waals surface area contributed by atoms with Gasteiger partial charge in [-0.1, -0.05) is 17.7 Å². The van der Waals surface area contributed by atoms with Crippen molar-refractivity contribution in [3.63, 3.8) is 0 Å². The molecule has 0 atom stereocenters. The highest BCUT2D eigenvalue weighted by molar-refractivity contribution is 6.31. The Bertz CT molecular complexity index is 996. The Morgan fingerprint density at radius 1 is 1.06 bits per heavy atom. The minimum Gasteiger partial charge on any atom is -0.496 e. The molecular formula is C27H37ClN4O2. The van der Waals surface area contributed by atoms with Gasteiger partial charge in [-0.3, -0.25) is 0 Å². The van der Waals surface area contributed by atoms with Crippen LogP contribution in [0.5, 0.6) is 5.75 Å². The van der Waals surface area contributed by atoms with Crippen LogP contribution in [0, 0.1) is 6.92 Å². The Labute approximate surface area is 208 Å². The van der Waals surface area contributed by atoms with Crippen molar-refractivity contribution >= 4 is 29.0 Å². The van der Waals surface area contributed by atoms with Gasteiger partial charge < -0.3 is 24.8 Å². The van der Waals surface area contributed by atoms with E-state index in [4.69, 9.17) is 16.3 Å². The van der Waals surface area contributed by atoms with Crippen LogP contribution in [-0.4, -0.2) is 68.3 Å². The first-order valence-electron chi connectivity index (χ1n) is 12.4. The minimum absolute atomic E-state index is 0.0480. The number of halogens is 1. The molecule has 34 heavy (non-hydrogen) atoms. The van der Waals surface area contributed by atoms with Gasteiger partial charge in [-0.2, -0.15) is 0 Å².